The number of anilines is 2. The molecule has 0 aromatic heterocycles. The predicted molar refractivity (Wildman–Crippen MR) is 95.2 cm³/mol. The van der Waals surface area contributed by atoms with E-state index in [1.807, 2.05) is 0 Å². The largest absolute Gasteiger partial charge is 0.454 e. The first-order valence-electron chi connectivity index (χ1n) is 8.00. The van der Waals surface area contributed by atoms with Crippen molar-refractivity contribution >= 4 is 23.2 Å². The topological polar surface area (TPSA) is 67.4 Å². The van der Waals surface area contributed by atoms with E-state index in [-0.39, 0.29) is 11.3 Å². The first kappa shape index (κ1) is 16.7. The highest BCUT2D eigenvalue weighted by atomic mass is 19.1. The van der Waals surface area contributed by atoms with Gasteiger partial charge in [0.25, 0.3) is 11.8 Å². The van der Waals surface area contributed by atoms with Crippen molar-refractivity contribution in [2.45, 2.75) is 0 Å². The molecule has 0 fully saturated rings. The molecule has 2 N–H and O–H groups in total. The van der Waals surface area contributed by atoms with Gasteiger partial charge >= 0.3 is 0 Å². The summed E-state index contributed by atoms with van der Waals surface area (Å²) in [6.45, 7) is 0. The smallest absolute Gasteiger partial charge is 0.261 e. The molecule has 134 valence electrons. The van der Waals surface area contributed by atoms with Gasteiger partial charge in [-0.3, -0.25) is 9.59 Å². The normalized spacial score (nSPS) is 12.1. The van der Waals surface area contributed by atoms with Crippen LogP contribution in [0, 0.1) is 11.6 Å². The first-order valence-corrected chi connectivity index (χ1v) is 8.00. The molecule has 0 atom stereocenters. The van der Waals surface area contributed by atoms with E-state index in [1.54, 1.807) is 24.3 Å². The molecule has 1 heterocycles. The Morgan fingerprint density at radius 3 is 2.44 bits per heavy atom. The Balaban J connectivity index is 1.65. The van der Waals surface area contributed by atoms with Gasteiger partial charge in [0.15, 0.2) is 5.75 Å². The molecular weight excluding hydrogens is 354 g/mol. The van der Waals surface area contributed by atoms with Gasteiger partial charge in [0.05, 0.1) is 11.3 Å². The van der Waals surface area contributed by atoms with Crippen LogP contribution in [0.25, 0.3) is 0 Å². The second-order valence-corrected chi connectivity index (χ2v) is 5.81. The molecular formula is C20H12F2N2O3. The fourth-order valence-corrected chi connectivity index (χ4v) is 2.75. The van der Waals surface area contributed by atoms with Gasteiger partial charge < -0.3 is 15.4 Å². The Morgan fingerprint density at radius 2 is 1.67 bits per heavy atom. The van der Waals surface area contributed by atoms with E-state index in [0.29, 0.717) is 17.2 Å². The molecule has 3 aromatic carbocycles. The lowest BCUT2D eigenvalue weighted by molar-refractivity contribution is 0.101. The highest BCUT2D eigenvalue weighted by molar-refractivity contribution is 6.10. The minimum atomic E-state index is -0.973. The summed E-state index contributed by atoms with van der Waals surface area (Å²) < 4.78 is 33.3. The van der Waals surface area contributed by atoms with Crippen molar-refractivity contribution in [2.24, 2.45) is 0 Å². The summed E-state index contributed by atoms with van der Waals surface area (Å²) in [5.41, 5.74) is 0.197. The van der Waals surface area contributed by atoms with E-state index < -0.39 is 29.0 Å². The van der Waals surface area contributed by atoms with Gasteiger partial charge in [-0.15, -0.1) is 0 Å². The van der Waals surface area contributed by atoms with Gasteiger partial charge in [-0.1, -0.05) is 18.2 Å². The zero-order valence-electron chi connectivity index (χ0n) is 13.8. The maximum absolute atomic E-state index is 13.8. The second-order valence-electron chi connectivity index (χ2n) is 5.81. The van der Waals surface area contributed by atoms with Crippen molar-refractivity contribution < 1.29 is 23.1 Å². The van der Waals surface area contributed by atoms with Crippen molar-refractivity contribution in [2.75, 3.05) is 10.6 Å². The number of rotatable bonds is 2. The number of carbonyl (C=O) groups excluding carboxylic acids is 2. The number of fused-ring (bicyclic) bond motifs is 2. The van der Waals surface area contributed by atoms with E-state index in [4.69, 9.17) is 4.74 Å². The lowest BCUT2D eigenvalue weighted by Gasteiger charge is -2.10. The van der Waals surface area contributed by atoms with Gasteiger partial charge in [-0.2, -0.15) is 0 Å². The first-order chi connectivity index (χ1) is 13.0. The van der Waals surface area contributed by atoms with E-state index in [2.05, 4.69) is 10.6 Å². The Bertz CT molecular complexity index is 1060. The lowest BCUT2D eigenvalue weighted by atomic mass is 10.1. The third-order valence-electron chi connectivity index (χ3n) is 4.03. The molecule has 2 amide bonds. The predicted octanol–water partition coefficient (Wildman–Crippen LogP) is 4.58. The van der Waals surface area contributed by atoms with Gasteiger partial charge in [0.1, 0.15) is 22.9 Å². The van der Waals surface area contributed by atoms with Crippen LogP contribution in [0.4, 0.5) is 20.2 Å². The van der Waals surface area contributed by atoms with Gasteiger partial charge in [0.2, 0.25) is 0 Å². The number of nitrogens with one attached hydrogen (secondary N) is 2. The van der Waals surface area contributed by atoms with Crippen LogP contribution in [0.3, 0.4) is 0 Å². The Kier molecular flexibility index (Phi) is 4.04. The van der Waals surface area contributed by atoms with Gasteiger partial charge in [0, 0.05) is 5.69 Å². The molecule has 1 aliphatic heterocycles. The number of carbonyl (C=O) groups is 2. The van der Waals surface area contributed by atoms with E-state index in [0.717, 1.165) is 12.1 Å². The van der Waals surface area contributed by atoms with E-state index in [9.17, 15) is 18.4 Å². The monoisotopic (exact) mass is 366 g/mol. The van der Waals surface area contributed by atoms with Crippen molar-refractivity contribution in [3.63, 3.8) is 0 Å². The lowest BCUT2D eigenvalue weighted by Crippen LogP contribution is -2.17. The van der Waals surface area contributed by atoms with Crippen molar-refractivity contribution in [1.29, 1.82) is 0 Å². The van der Waals surface area contributed by atoms with Crippen LogP contribution >= 0.6 is 0 Å². The van der Waals surface area contributed by atoms with Gasteiger partial charge in [-0.05, 0) is 42.5 Å². The summed E-state index contributed by atoms with van der Waals surface area (Å²) in [5, 5.41) is 5.11. The summed E-state index contributed by atoms with van der Waals surface area (Å²) in [6, 6.07) is 14.5. The summed E-state index contributed by atoms with van der Waals surface area (Å²) in [5.74, 6) is -2.55. The van der Waals surface area contributed by atoms with Crippen molar-refractivity contribution in [3.05, 3.63) is 83.4 Å². The van der Waals surface area contributed by atoms with Crippen LogP contribution in [0.15, 0.2) is 60.7 Å². The molecule has 0 saturated carbocycles. The third-order valence-corrected chi connectivity index (χ3v) is 4.03. The van der Waals surface area contributed by atoms with Crippen molar-refractivity contribution in [3.8, 4) is 11.5 Å². The van der Waals surface area contributed by atoms with Crippen molar-refractivity contribution in [1.82, 2.24) is 0 Å². The third kappa shape index (κ3) is 3.10. The van der Waals surface area contributed by atoms with Crippen LogP contribution in [0.1, 0.15) is 20.7 Å². The number of hydrogen-bond donors (Lipinski definition) is 2. The zero-order valence-corrected chi connectivity index (χ0v) is 13.8. The standard InChI is InChI=1S/C20H12F2N2O3/c21-13-4-3-5-14(22)18(13)20(26)23-11-8-9-16-12(10-11)19(25)24-15-6-1-2-7-17(15)27-16/h1-10H,(H,23,26)(H,24,25). The molecule has 0 bridgehead atoms. The molecule has 0 unspecified atom stereocenters. The molecule has 0 radical (unpaired) electrons. The number of amides is 2. The van der Waals surface area contributed by atoms with Crippen LogP contribution < -0.4 is 15.4 Å². The Morgan fingerprint density at radius 1 is 0.926 bits per heavy atom. The van der Waals surface area contributed by atoms with Crippen LogP contribution in [-0.4, -0.2) is 11.8 Å². The molecule has 0 saturated heterocycles. The summed E-state index contributed by atoms with van der Waals surface area (Å²) in [7, 11) is 0. The Hall–Kier alpha value is -3.74. The minimum absolute atomic E-state index is 0.179. The fourth-order valence-electron chi connectivity index (χ4n) is 2.75. The highest BCUT2D eigenvalue weighted by Crippen LogP contribution is 2.36. The average molecular weight is 366 g/mol. The number of halogens is 2. The maximum atomic E-state index is 13.8. The second kappa shape index (κ2) is 6.53. The number of para-hydroxylation sites is 2. The van der Waals surface area contributed by atoms with Gasteiger partial charge in [-0.25, -0.2) is 8.78 Å². The van der Waals surface area contributed by atoms with Crippen LogP contribution in [-0.2, 0) is 0 Å². The molecule has 4 rings (SSSR count). The molecule has 7 heteroatoms. The quantitative estimate of drug-likeness (QED) is 0.698. The molecule has 0 spiro atoms. The average Bonchev–Trinajstić information content (AvgIpc) is 2.77. The molecule has 3 aromatic rings. The summed E-state index contributed by atoms with van der Waals surface area (Å²) in [6.07, 6.45) is 0. The SMILES string of the molecule is O=C1Nc2ccccc2Oc2ccc(NC(=O)c3c(F)cccc3F)cc21. The summed E-state index contributed by atoms with van der Waals surface area (Å²) >= 11 is 0. The molecule has 0 aliphatic carbocycles. The zero-order chi connectivity index (χ0) is 19.0. The highest BCUT2D eigenvalue weighted by Gasteiger charge is 2.22. The van der Waals surface area contributed by atoms with E-state index >= 15 is 0 Å². The Labute approximate surface area is 152 Å². The molecule has 1 aliphatic rings. The van der Waals surface area contributed by atoms with Crippen LogP contribution in [0.2, 0.25) is 0 Å². The number of hydrogen-bond acceptors (Lipinski definition) is 3. The van der Waals surface area contributed by atoms with Crippen LogP contribution in [0.5, 0.6) is 11.5 Å². The minimum Gasteiger partial charge on any atom is -0.454 e. The fraction of sp³-hybridized carbons (Fsp3) is 0. The number of ether oxygens (including phenoxy) is 1. The summed E-state index contributed by atoms with van der Waals surface area (Å²) in [4.78, 5) is 24.7. The molecule has 27 heavy (non-hydrogen) atoms. The number of benzene rings is 3. The van der Waals surface area contributed by atoms with E-state index in [1.165, 1.54) is 24.3 Å². The maximum Gasteiger partial charge on any atom is 0.261 e. The molecule has 5 nitrogen and oxygen atoms in total.